The first-order valence-corrected chi connectivity index (χ1v) is 4.64. The van der Waals surface area contributed by atoms with Crippen molar-refractivity contribution in [2.24, 2.45) is 0 Å². The van der Waals surface area contributed by atoms with Crippen molar-refractivity contribution in [3.05, 3.63) is 0 Å². The fraction of sp³-hybridized carbons (Fsp3) is 1.00. The van der Waals surface area contributed by atoms with E-state index >= 15 is 0 Å². The average molecular weight is 412 g/mol. The van der Waals surface area contributed by atoms with Gasteiger partial charge in [-0.25, -0.2) is 0 Å². The van der Waals surface area contributed by atoms with Gasteiger partial charge in [0.1, 0.15) is 0 Å². The fourth-order valence-electron chi connectivity index (χ4n) is 0.356. The van der Waals surface area contributed by atoms with Crippen LogP contribution >= 0.6 is 0 Å². The maximum absolute atomic E-state index is 11.6. The molecule has 21 heavy (non-hydrogen) atoms. The summed E-state index contributed by atoms with van der Waals surface area (Å²) in [5.74, 6) is -14.3. The van der Waals surface area contributed by atoms with Gasteiger partial charge in [-0.05, 0) is 0 Å². The molecule has 0 aromatic rings. The maximum Gasteiger partial charge on any atom is 1.00 e. The van der Waals surface area contributed by atoms with Crippen molar-refractivity contribution in [2.45, 2.75) is 24.2 Å². The van der Waals surface area contributed by atoms with Crippen molar-refractivity contribution < 1.29 is 164 Å². The monoisotopic (exact) mass is 412 g/mol. The molecule has 0 atom stereocenters. The van der Waals surface area contributed by atoms with Crippen LogP contribution in [-0.2, 0) is 10.4 Å². The van der Waals surface area contributed by atoms with E-state index in [9.17, 15) is 43.9 Å². The molecule has 0 bridgehead atoms. The SMILES string of the molecule is FC(F)(F)C(F)(F)C(F)(F)C(F)(F)F.O=S(=O)([O-])[O-].[K+].[K+]. The van der Waals surface area contributed by atoms with Crippen molar-refractivity contribution >= 4 is 10.4 Å². The first-order valence-electron chi connectivity index (χ1n) is 3.31. The summed E-state index contributed by atoms with van der Waals surface area (Å²) in [6.07, 6.45) is -13.9. The third kappa shape index (κ3) is 10.8. The summed E-state index contributed by atoms with van der Waals surface area (Å²) < 4.78 is 147. The molecule has 0 unspecified atom stereocenters. The van der Waals surface area contributed by atoms with Gasteiger partial charge in [0.2, 0.25) is 0 Å². The molecular formula is C4F10K2O4S. The van der Waals surface area contributed by atoms with Gasteiger partial charge in [0, 0.05) is 10.4 Å². The topological polar surface area (TPSA) is 80.3 Å². The number of halogens is 10. The molecule has 0 aliphatic rings. The molecule has 0 N–H and O–H groups in total. The van der Waals surface area contributed by atoms with Gasteiger partial charge >= 0.3 is 127 Å². The summed E-state index contributed by atoms with van der Waals surface area (Å²) in [5.41, 5.74) is 0. The Morgan fingerprint density at radius 3 is 0.714 bits per heavy atom. The zero-order valence-corrected chi connectivity index (χ0v) is 16.9. The van der Waals surface area contributed by atoms with Crippen LogP contribution in [0.5, 0.6) is 0 Å². The predicted octanol–water partition coefficient (Wildman–Crippen LogP) is -3.95. The smallest absolute Gasteiger partial charge is 0.759 e. The van der Waals surface area contributed by atoms with E-state index in [1.54, 1.807) is 0 Å². The Morgan fingerprint density at radius 2 is 0.667 bits per heavy atom. The molecule has 0 fully saturated rings. The van der Waals surface area contributed by atoms with Crippen molar-refractivity contribution in [3.8, 4) is 0 Å². The van der Waals surface area contributed by atoms with Gasteiger partial charge in [-0.2, -0.15) is 43.9 Å². The van der Waals surface area contributed by atoms with E-state index < -0.39 is 34.6 Å². The number of hydrogen-bond acceptors (Lipinski definition) is 4. The van der Waals surface area contributed by atoms with Crippen LogP contribution in [0.15, 0.2) is 0 Å². The fourth-order valence-corrected chi connectivity index (χ4v) is 0.356. The third-order valence-electron chi connectivity index (χ3n) is 1.11. The summed E-state index contributed by atoms with van der Waals surface area (Å²) in [4.78, 5) is 0. The first-order chi connectivity index (χ1) is 7.75. The molecule has 0 heterocycles. The Labute approximate surface area is 195 Å². The molecule has 0 radical (unpaired) electrons. The van der Waals surface area contributed by atoms with Crippen molar-refractivity contribution in [2.75, 3.05) is 0 Å². The Balaban J connectivity index is -0.000000179. The first kappa shape index (κ1) is 31.2. The van der Waals surface area contributed by atoms with Crippen LogP contribution in [0.25, 0.3) is 0 Å². The molecule has 4 nitrogen and oxygen atoms in total. The van der Waals surface area contributed by atoms with Gasteiger partial charge in [-0.15, -0.1) is 0 Å². The quantitative estimate of drug-likeness (QED) is 0.191. The van der Waals surface area contributed by atoms with Crippen LogP contribution in [0.3, 0.4) is 0 Å². The van der Waals surface area contributed by atoms with E-state index in [1.165, 1.54) is 0 Å². The van der Waals surface area contributed by atoms with Gasteiger partial charge in [-0.3, -0.25) is 8.42 Å². The van der Waals surface area contributed by atoms with E-state index in [0.29, 0.717) is 0 Å². The molecule has 17 heteroatoms. The van der Waals surface area contributed by atoms with Crippen molar-refractivity contribution in [1.29, 1.82) is 0 Å². The normalized spacial score (nSPS) is 13.3. The van der Waals surface area contributed by atoms with Gasteiger partial charge < -0.3 is 9.11 Å². The summed E-state index contributed by atoms with van der Waals surface area (Å²) in [6.45, 7) is 0. The predicted molar refractivity (Wildman–Crippen MR) is 32.5 cm³/mol. The Kier molecular flexibility index (Phi) is 14.6. The molecule has 0 aliphatic carbocycles. The minimum absolute atomic E-state index is 0. The molecule has 0 saturated carbocycles. The zero-order valence-electron chi connectivity index (χ0n) is 9.82. The van der Waals surface area contributed by atoms with Crippen LogP contribution in [0.4, 0.5) is 43.9 Å². The summed E-state index contributed by atoms with van der Waals surface area (Å²) in [5, 5.41) is 0. The summed E-state index contributed by atoms with van der Waals surface area (Å²) in [7, 11) is -5.17. The van der Waals surface area contributed by atoms with Crippen molar-refractivity contribution in [3.63, 3.8) is 0 Å². The van der Waals surface area contributed by atoms with Gasteiger partial charge in [0.15, 0.2) is 0 Å². The van der Waals surface area contributed by atoms with E-state index in [2.05, 4.69) is 0 Å². The maximum atomic E-state index is 11.6. The van der Waals surface area contributed by atoms with E-state index in [-0.39, 0.29) is 103 Å². The molecule has 0 aliphatic heterocycles. The second kappa shape index (κ2) is 9.80. The minimum atomic E-state index is -7.14. The molecule has 0 rings (SSSR count). The number of hydrogen-bond donors (Lipinski definition) is 0. The summed E-state index contributed by atoms with van der Waals surface area (Å²) in [6, 6.07) is 0. The molecule has 0 aromatic heterocycles. The Bertz CT molecular complexity index is 368. The largest absolute Gasteiger partial charge is 1.00 e. The van der Waals surface area contributed by atoms with Gasteiger partial charge in [-0.1, -0.05) is 0 Å². The van der Waals surface area contributed by atoms with Crippen LogP contribution < -0.4 is 103 Å². The molecule has 118 valence electrons. The van der Waals surface area contributed by atoms with Crippen molar-refractivity contribution in [1.82, 2.24) is 0 Å². The van der Waals surface area contributed by atoms with E-state index in [1.807, 2.05) is 0 Å². The third-order valence-corrected chi connectivity index (χ3v) is 1.11. The average Bonchev–Trinajstić information content (AvgIpc) is 1.95. The Morgan fingerprint density at radius 1 is 0.571 bits per heavy atom. The number of rotatable bonds is 1. The molecular weight excluding hydrogens is 412 g/mol. The van der Waals surface area contributed by atoms with Crippen LogP contribution in [-0.4, -0.2) is 41.7 Å². The van der Waals surface area contributed by atoms with E-state index in [4.69, 9.17) is 17.5 Å². The molecule has 0 spiro atoms. The van der Waals surface area contributed by atoms with Gasteiger partial charge in [0.05, 0.1) is 0 Å². The second-order valence-electron chi connectivity index (χ2n) is 2.55. The minimum Gasteiger partial charge on any atom is -0.759 e. The molecule has 0 amide bonds. The van der Waals surface area contributed by atoms with E-state index in [0.717, 1.165) is 0 Å². The summed E-state index contributed by atoms with van der Waals surface area (Å²) >= 11 is 0. The molecule has 0 aromatic carbocycles. The van der Waals surface area contributed by atoms with Gasteiger partial charge in [0.25, 0.3) is 0 Å². The van der Waals surface area contributed by atoms with Crippen LogP contribution in [0.1, 0.15) is 0 Å². The standard InChI is InChI=1S/C4F10.2K.H2O4S/c5-1(6,3(9,10)11)2(7,8)4(12,13)14;;;1-5(2,3)4/h;;;(H2,1,2,3,4)/q;2*+1;/p-2. The zero-order chi connectivity index (χ0) is 16.5. The molecule has 0 saturated heterocycles. The Hall–Kier alpha value is 2.44. The second-order valence-corrected chi connectivity index (χ2v) is 3.37. The number of alkyl halides is 10. The van der Waals surface area contributed by atoms with Crippen LogP contribution in [0, 0.1) is 0 Å². The van der Waals surface area contributed by atoms with Crippen LogP contribution in [0.2, 0.25) is 0 Å².